The van der Waals surface area contributed by atoms with Crippen LogP contribution < -0.4 is 10.5 Å². The van der Waals surface area contributed by atoms with E-state index >= 15 is 0 Å². The molecule has 1 fully saturated rings. The Balaban J connectivity index is 2.34. The average Bonchev–Trinajstić information content (AvgIpc) is 2.33. The maximum atomic E-state index is 5.76. The van der Waals surface area contributed by atoms with Gasteiger partial charge < -0.3 is 15.2 Å². The van der Waals surface area contributed by atoms with Gasteiger partial charge in [-0.05, 0) is 37.1 Å². The van der Waals surface area contributed by atoms with Gasteiger partial charge in [-0.25, -0.2) is 0 Å². The van der Waals surface area contributed by atoms with Crippen molar-refractivity contribution in [3.8, 4) is 5.75 Å². The molecule has 1 heterocycles. The second kappa shape index (κ2) is 5.59. The normalized spacial score (nSPS) is 19.1. The Morgan fingerprint density at radius 2 is 2.22 bits per heavy atom. The van der Waals surface area contributed by atoms with Crippen molar-refractivity contribution in [2.24, 2.45) is 11.7 Å². The van der Waals surface area contributed by atoms with E-state index in [2.05, 4.69) is 28.9 Å². The van der Waals surface area contributed by atoms with Gasteiger partial charge in [-0.2, -0.15) is 0 Å². The van der Waals surface area contributed by atoms with E-state index in [4.69, 9.17) is 15.2 Å². The monoisotopic (exact) mass is 313 g/mol. The first-order valence-corrected chi connectivity index (χ1v) is 7.02. The molecule has 18 heavy (non-hydrogen) atoms. The molecule has 1 aromatic carbocycles. The first kappa shape index (κ1) is 13.8. The third kappa shape index (κ3) is 2.56. The van der Waals surface area contributed by atoms with Gasteiger partial charge in [0, 0.05) is 15.5 Å². The van der Waals surface area contributed by atoms with Crippen molar-refractivity contribution in [3.63, 3.8) is 0 Å². The van der Waals surface area contributed by atoms with Crippen LogP contribution in [0.1, 0.15) is 18.9 Å². The van der Waals surface area contributed by atoms with Crippen molar-refractivity contribution in [1.29, 1.82) is 0 Å². The minimum Gasteiger partial charge on any atom is -0.496 e. The zero-order chi connectivity index (χ0) is 13.2. The summed E-state index contributed by atoms with van der Waals surface area (Å²) in [6, 6.07) is 6.15. The number of benzene rings is 1. The Bertz CT molecular complexity index is 418. The van der Waals surface area contributed by atoms with E-state index < -0.39 is 0 Å². The van der Waals surface area contributed by atoms with E-state index in [-0.39, 0.29) is 5.41 Å². The van der Waals surface area contributed by atoms with Gasteiger partial charge in [-0.15, -0.1) is 0 Å². The zero-order valence-corrected chi connectivity index (χ0v) is 12.5. The van der Waals surface area contributed by atoms with Crippen molar-refractivity contribution >= 4 is 15.9 Å². The van der Waals surface area contributed by atoms with E-state index in [1.54, 1.807) is 7.11 Å². The Morgan fingerprint density at radius 3 is 2.72 bits per heavy atom. The molecule has 0 aliphatic carbocycles. The smallest absolute Gasteiger partial charge is 0.122 e. The quantitative estimate of drug-likeness (QED) is 0.909. The number of nitrogens with two attached hydrogens (primary N) is 1. The molecule has 1 saturated heterocycles. The summed E-state index contributed by atoms with van der Waals surface area (Å²) in [5.41, 5.74) is 7.05. The van der Waals surface area contributed by atoms with Crippen LogP contribution in [0.15, 0.2) is 22.7 Å². The lowest BCUT2D eigenvalue weighted by Gasteiger charge is -2.44. The summed E-state index contributed by atoms with van der Waals surface area (Å²) >= 11 is 3.53. The molecule has 1 atom stereocenters. The molecule has 0 spiro atoms. The van der Waals surface area contributed by atoms with Gasteiger partial charge >= 0.3 is 0 Å². The lowest BCUT2D eigenvalue weighted by atomic mass is 9.72. The van der Waals surface area contributed by atoms with Crippen LogP contribution in [-0.4, -0.2) is 26.9 Å². The van der Waals surface area contributed by atoms with Crippen LogP contribution in [-0.2, 0) is 10.2 Å². The topological polar surface area (TPSA) is 44.5 Å². The highest BCUT2D eigenvalue weighted by atomic mass is 79.9. The van der Waals surface area contributed by atoms with Crippen molar-refractivity contribution in [2.45, 2.75) is 18.8 Å². The molecular formula is C14H20BrNO2. The third-order valence-corrected chi connectivity index (χ3v) is 4.12. The second-order valence-electron chi connectivity index (χ2n) is 5.16. The molecule has 3 nitrogen and oxygen atoms in total. The number of hydrogen-bond donors (Lipinski definition) is 1. The summed E-state index contributed by atoms with van der Waals surface area (Å²) in [6.07, 6.45) is 1.04. The van der Waals surface area contributed by atoms with E-state index in [0.717, 1.165) is 29.9 Å². The predicted molar refractivity (Wildman–Crippen MR) is 76.0 cm³/mol. The Labute approximate surface area is 117 Å². The minimum absolute atomic E-state index is 0.0634. The van der Waals surface area contributed by atoms with E-state index in [1.165, 1.54) is 5.56 Å². The maximum Gasteiger partial charge on any atom is 0.122 e. The van der Waals surface area contributed by atoms with Gasteiger partial charge in [-0.3, -0.25) is 0 Å². The fraction of sp³-hybridized carbons (Fsp3) is 0.571. The number of rotatable bonds is 5. The molecule has 1 unspecified atom stereocenters. The highest BCUT2D eigenvalue weighted by Gasteiger charge is 2.43. The molecule has 1 aromatic rings. The molecule has 0 aromatic heterocycles. The fourth-order valence-corrected chi connectivity index (χ4v) is 2.94. The van der Waals surface area contributed by atoms with Crippen LogP contribution in [0, 0.1) is 5.92 Å². The van der Waals surface area contributed by atoms with E-state index in [1.807, 2.05) is 12.1 Å². The molecule has 0 bridgehead atoms. The van der Waals surface area contributed by atoms with Crippen molar-refractivity contribution in [3.05, 3.63) is 28.2 Å². The van der Waals surface area contributed by atoms with Crippen LogP contribution >= 0.6 is 15.9 Å². The van der Waals surface area contributed by atoms with Gasteiger partial charge in [0.05, 0.1) is 20.3 Å². The van der Waals surface area contributed by atoms with Crippen LogP contribution in [0.3, 0.4) is 0 Å². The second-order valence-corrected chi connectivity index (χ2v) is 6.08. The molecule has 2 rings (SSSR count). The molecule has 1 aliphatic heterocycles. The van der Waals surface area contributed by atoms with Gasteiger partial charge in [-0.1, -0.05) is 22.9 Å². The van der Waals surface area contributed by atoms with Crippen LogP contribution in [0.25, 0.3) is 0 Å². The predicted octanol–water partition coefficient (Wildman–Crippen LogP) is 2.71. The summed E-state index contributed by atoms with van der Waals surface area (Å²) in [7, 11) is 1.71. The number of halogens is 1. The highest BCUT2D eigenvalue weighted by Crippen LogP contribution is 2.43. The Morgan fingerprint density at radius 1 is 1.50 bits per heavy atom. The molecule has 100 valence electrons. The fourth-order valence-electron chi connectivity index (χ4n) is 2.58. The van der Waals surface area contributed by atoms with E-state index in [0.29, 0.717) is 12.5 Å². The first-order chi connectivity index (χ1) is 8.61. The number of ether oxygens (including phenoxy) is 2. The lowest BCUT2D eigenvalue weighted by Crippen LogP contribution is -2.48. The average molecular weight is 314 g/mol. The summed E-state index contributed by atoms with van der Waals surface area (Å²) < 4.78 is 12.0. The highest BCUT2D eigenvalue weighted by molar-refractivity contribution is 9.10. The largest absolute Gasteiger partial charge is 0.496 e. The minimum atomic E-state index is 0.0634. The molecule has 2 N–H and O–H groups in total. The van der Waals surface area contributed by atoms with Gasteiger partial charge in [0.1, 0.15) is 5.75 Å². The van der Waals surface area contributed by atoms with Crippen LogP contribution in [0.4, 0.5) is 0 Å². The van der Waals surface area contributed by atoms with Crippen LogP contribution in [0.2, 0.25) is 0 Å². The summed E-state index contributed by atoms with van der Waals surface area (Å²) in [5, 5.41) is 0. The molecular weight excluding hydrogens is 294 g/mol. The van der Waals surface area contributed by atoms with Crippen molar-refractivity contribution in [1.82, 2.24) is 0 Å². The van der Waals surface area contributed by atoms with Gasteiger partial charge in [0.2, 0.25) is 0 Å². The third-order valence-electron chi connectivity index (χ3n) is 3.63. The number of hydrogen-bond acceptors (Lipinski definition) is 3. The standard InChI is InChI=1S/C14H20BrNO2/c1-10(7-16)6-14(8-18-9-14)12-5-11(15)3-4-13(12)17-2/h3-5,10H,6-9,16H2,1-2H3. The Kier molecular flexibility index (Phi) is 4.30. The van der Waals surface area contributed by atoms with Crippen molar-refractivity contribution < 1.29 is 9.47 Å². The maximum absolute atomic E-state index is 5.76. The lowest BCUT2D eigenvalue weighted by molar-refractivity contribution is -0.0711. The SMILES string of the molecule is COc1ccc(Br)cc1C1(CC(C)CN)COC1. The summed E-state index contributed by atoms with van der Waals surface area (Å²) in [4.78, 5) is 0. The Hall–Kier alpha value is -0.580. The van der Waals surface area contributed by atoms with Crippen molar-refractivity contribution in [2.75, 3.05) is 26.9 Å². The molecule has 4 heteroatoms. The molecule has 0 radical (unpaired) electrons. The van der Waals surface area contributed by atoms with E-state index in [9.17, 15) is 0 Å². The molecule has 0 saturated carbocycles. The first-order valence-electron chi connectivity index (χ1n) is 6.23. The van der Waals surface area contributed by atoms with Crippen LogP contribution in [0.5, 0.6) is 5.75 Å². The summed E-state index contributed by atoms with van der Waals surface area (Å²) in [5.74, 6) is 1.42. The molecule has 1 aliphatic rings. The molecule has 0 amide bonds. The zero-order valence-electron chi connectivity index (χ0n) is 10.9. The number of methoxy groups -OCH3 is 1. The summed E-state index contributed by atoms with van der Waals surface area (Å²) in [6.45, 7) is 4.40. The van der Waals surface area contributed by atoms with Gasteiger partial charge in [0.25, 0.3) is 0 Å². The van der Waals surface area contributed by atoms with Gasteiger partial charge in [0.15, 0.2) is 0 Å².